The summed E-state index contributed by atoms with van der Waals surface area (Å²) in [5.41, 5.74) is 7.09. The van der Waals surface area contributed by atoms with E-state index in [1.54, 1.807) is 18.2 Å². The number of ether oxygens (including phenoxy) is 1. The van der Waals surface area contributed by atoms with Gasteiger partial charge in [-0.3, -0.25) is 10.7 Å². The summed E-state index contributed by atoms with van der Waals surface area (Å²) >= 11 is 11.8. The number of aliphatic hydroxyl groups is 1. The molecule has 138 valence electrons. The van der Waals surface area contributed by atoms with Gasteiger partial charge >= 0.3 is 6.03 Å². The first-order valence-electron chi connectivity index (χ1n) is 7.37. The molecule has 2 rings (SSSR count). The molecule has 0 aliphatic rings. The van der Waals surface area contributed by atoms with Gasteiger partial charge in [-0.1, -0.05) is 29.3 Å². The molecule has 0 bridgehead atoms. The first-order valence-corrected chi connectivity index (χ1v) is 8.13. The fraction of sp³-hybridized carbons (Fsp3) is 0.188. The number of aliphatic hydroxyl groups excluding tert-OH is 1. The molecule has 1 heterocycles. The summed E-state index contributed by atoms with van der Waals surface area (Å²) in [6.07, 6.45) is 0. The van der Waals surface area contributed by atoms with Crippen molar-refractivity contribution in [3.05, 3.63) is 51.1 Å². The zero-order chi connectivity index (χ0) is 19.3. The predicted octanol–water partition coefficient (Wildman–Crippen LogP) is 2.76. The van der Waals surface area contributed by atoms with Crippen molar-refractivity contribution in [3.8, 4) is 0 Å². The lowest BCUT2D eigenvalue weighted by atomic mass is 10.1. The Morgan fingerprint density at radius 1 is 1.35 bits per heavy atom. The average Bonchev–Trinajstić information content (AvgIpc) is 2.61. The highest BCUT2D eigenvalue weighted by atomic mass is 35.5. The summed E-state index contributed by atoms with van der Waals surface area (Å²) in [4.78, 5) is 16.1. The zero-order valence-electron chi connectivity index (χ0n) is 13.8. The van der Waals surface area contributed by atoms with Gasteiger partial charge in [-0.25, -0.2) is 9.78 Å². The predicted molar refractivity (Wildman–Crippen MR) is 101 cm³/mol. The second kappa shape index (κ2) is 8.70. The number of pyridine rings is 1. The summed E-state index contributed by atoms with van der Waals surface area (Å²) in [5.74, 6) is -0.0967. The first kappa shape index (κ1) is 19.8. The molecule has 8 nitrogen and oxygen atoms in total. The van der Waals surface area contributed by atoms with Gasteiger partial charge in [0.05, 0.1) is 35.0 Å². The Balaban J connectivity index is 2.07. The molecule has 1 aromatic heterocycles. The maximum absolute atomic E-state index is 12.0. The molecule has 0 atom stereocenters. The quantitative estimate of drug-likeness (QED) is 0.390. The lowest BCUT2D eigenvalue weighted by Gasteiger charge is -2.13. The van der Waals surface area contributed by atoms with Gasteiger partial charge in [0.25, 0.3) is 0 Å². The van der Waals surface area contributed by atoms with Crippen LogP contribution < -0.4 is 16.4 Å². The monoisotopic (exact) mass is 397 g/mol. The number of nitrogens with two attached hydrogens (primary N) is 1. The molecule has 10 heteroatoms. The number of carbonyl (C=O) groups is 1. The first-order chi connectivity index (χ1) is 12.3. The third-order valence-corrected chi connectivity index (χ3v) is 4.12. The van der Waals surface area contributed by atoms with Crippen molar-refractivity contribution in [2.24, 2.45) is 0 Å². The number of urea groups is 1. The van der Waals surface area contributed by atoms with Crippen LogP contribution in [0.15, 0.2) is 24.3 Å². The van der Waals surface area contributed by atoms with Crippen LogP contribution in [-0.2, 0) is 17.9 Å². The van der Waals surface area contributed by atoms with Crippen LogP contribution in [0.2, 0.25) is 10.0 Å². The summed E-state index contributed by atoms with van der Waals surface area (Å²) in [5, 5.41) is 23.1. The molecule has 0 radical (unpaired) electrons. The highest BCUT2D eigenvalue weighted by Crippen LogP contribution is 2.23. The molecule has 0 aliphatic heterocycles. The average molecular weight is 398 g/mol. The maximum Gasteiger partial charge on any atom is 0.320 e. The Labute approximate surface area is 159 Å². The van der Waals surface area contributed by atoms with Crippen molar-refractivity contribution in [1.29, 1.82) is 5.41 Å². The Hall–Kier alpha value is -2.55. The molecule has 2 amide bonds. The lowest BCUT2D eigenvalue weighted by molar-refractivity contribution is 0.251. The number of carbonyl (C=O) groups excluding carboxylic acids is 1. The minimum atomic E-state index is -0.526. The van der Waals surface area contributed by atoms with Crippen LogP contribution in [0, 0.1) is 5.41 Å². The van der Waals surface area contributed by atoms with E-state index in [0.29, 0.717) is 10.0 Å². The van der Waals surface area contributed by atoms with Gasteiger partial charge in [-0.05, 0) is 17.7 Å². The van der Waals surface area contributed by atoms with E-state index in [-0.39, 0.29) is 35.2 Å². The van der Waals surface area contributed by atoms with E-state index in [4.69, 9.17) is 39.1 Å². The van der Waals surface area contributed by atoms with E-state index < -0.39 is 12.6 Å². The summed E-state index contributed by atoms with van der Waals surface area (Å²) in [6.45, 7) is -0.247. The molecule has 0 fully saturated rings. The number of rotatable bonds is 5. The molecule has 0 saturated carbocycles. The molecule has 0 saturated heterocycles. The van der Waals surface area contributed by atoms with Crippen LogP contribution in [0.1, 0.15) is 16.8 Å². The number of methoxy groups -OCH3 is 1. The lowest BCUT2D eigenvalue weighted by Crippen LogP contribution is -2.29. The highest BCUT2D eigenvalue weighted by molar-refractivity contribution is 6.42. The largest absolute Gasteiger partial charge is 0.481 e. The van der Waals surface area contributed by atoms with Crippen LogP contribution >= 0.6 is 23.2 Å². The Kier molecular flexibility index (Phi) is 6.62. The normalized spacial score (nSPS) is 10.3. The number of amides is 2. The van der Waals surface area contributed by atoms with Crippen LogP contribution in [-0.4, -0.2) is 29.1 Å². The molecule has 0 aliphatic carbocycles. The Morgan fingerprint density at radius 2 is 2.08 bits per heavy atom. The number of aromatic nitrogens is 1. The number of hydrogen-bond acceptors (Lipinski definition) is 6. The van der Waals surface area contributed by atoms with Crippen molar-refractivity contribution in [1.82, 2.24) is 10.3 Å². The Morgan fingerprint density at radius 3 is 2.69 bits per heavy atom. The van der Waals surface area contributed by atoms with Crippen LogP contribution in [0.3, 0.4) is 0 Å². The van der Waals surface area contributed by atoms with Crippen LogP contribution in [0.4, 0.5) is 16.3 Å². The molecule has 0 unspecified atom stereocenters. The minimum Gasteiger partial charge on any atom is -0.481 e. The van der Waals surface area contributed by atoms with E-state index in [1.165, 1.54) is 13.2 Å². The standard InChI is InChI=1S/C16H17Cl2N5O3/c1-26-15(20)14-11(19)5-13(22-12(14)7-24)23-16(25)21-6-8-2-3-9(17)10(18)4-8/h2-5,20,24H,6-7H2,1H3,(H4,19,21,22,23,25). The van der Waals surface area contributed by atoms with Gasteiger partial charge in [-0.2, -0.15) is 0 Å². The SMILES string of the molecule is COC(=N)c1c(N)cc(NC(=O)NCc2ccc(Cl)c(Cl)c2)nc1CO. The number of hydrogen-bond donors (Lipinski definition) is 5. The van der Waals surface area contributed by atoms with Gasteiger partial charge in [0.15, 0.2) is 0 Å². The topological polar surface area (TPSA) is 133 Å². The summed E-state index contributed by atoms with van der Waals surface area (Å²) in [6, 6.07) is 5.87. The van der Waals surface area contributed by atoms with Crippen molar-refractivity contribution in [2.45, 2.75) is 13.2 Å². The molecule has 26 heavy (non-hydrogen) atoms. The third kappa shape index (κ3) is 4.75. The number of nitrogen functional groups attached to an aromatic ring is 1. The van der Waals surface area contributed by atoms with Crippen LogP contribution in [0.5, 0.6) is 0 Å². The highest BCUT2D eigenvalue weighted by Gasteiger charge is 2.16. The van der Waals surface area contributed by atoms with Crippen molar-refractivity contribution >= 4 is 46.6 Å². The van der Waals surface area contributed by atoms with E-state index >= 15 is 0 Å². The molecular weight excluding hydrogens is 381 g/mol. The third-order valence-electron chi connectivity index (χ3n) is 3.38. The van der Waals surface area contributed by atoms with Crippen molar-refractivity contribution in [2.75, 3.05) is 18.2 Å². The van der Waals surface area contributed by atoms with Crippen molar-refractivity contribution in [3.63, 3.8) is 0 Å². The van der Waals surface area contributed by atoms with Crippen molar-refractivity contribution < 1.29 is 14.6 Å². The molecule has 2 aromatic rings. The van der Waals surface area contributed by atoms with Gasteiger partial charge in [0.1, 0.15) is 5.82 Å². The summed E-state index contributed by atoms with van der Waals surface area (Å²) in [7, 11) is 1.31. The zero-order valence-corrected chi connectivity index (χ0v) is 15.3. The van der Waals surface area contributed by atoms with Gasteiger partial charge in [0, 0.05) is 18.3 Å². The Bertz CT molecular complexity index is 845. The number of halogens is 2. The van der Waals surface area contributed by atoms with Gasteiger partial charge in [-0.15, -0.1) is 0 Å². The molecular formula is C16H17Cl2N5O3. The smallest absolute Gasteiger partial charge is 0.320 e. The summed E-state index contributed by atoms with van der Waals surface area (Å²) < 4.78 is 4.82. The molecule has 0 spiro atoms. The van der Waals surface area contributed by atoms with Gasteiger partial charge in [0.2, 0.25) is 5.90 Å². The number of benzene rings is 1. The van der Waals surface area contributed by atoms with E-state index in [9.17, 15) is 9.90 Å². The number of nitrogens with one attached hydrogen (secondary N) is 3. The second-order valence-electron chi connectivity index (χ2n) is 5.17. The van der Waals surface area contributed by atoms with E-state index in [1.807, 2.05) is 0 Å². The molecule has 1 aromatic carbocycles. The minimum absolute atomic E-state index is 0.122. The fourth-order valence-electron chi connectivity index (χ4n) is 2.15. The maximum atomic E-state index is 12.0. The van der Waals surface area contributed by atoms with E-state index in [0.717, 1.165) is 5.56 Å². The second-order valence-corrected chi connectivity index (χ2v) is 5.98. The molecule has 6 N–H and O–H groups in total. The van der Waals surface area contributed by atoms with Gasteiger partial charge < -0.3 is 20.9 Å². The van der Waals surface area contributed by atoms with E-state index in [2.05, 4.69) is 15.6 Å². The number of nitrogens with zero attached hydrogens (tertiary/aromatic N) is 1. The van der Waals surface area contributed by atoms with Crippen LogP contribution in [0.25, 0.3) is 0 Å². The fourth-order valence-corrected chi connectivity index (χ4v) is 2.48. The number of anilines is 2.